The van der Waals surface area contributed by atoms with E-state index in [0.717, 1.165) is 16.8 Å². The van der Waals surface area contributed by atoms with Crippen molar-refractivity contribution in [2.24, 2.45) is 4.99 Å². The maximum absolute atomic E-state index is 12.1. The Hall–Kier alpha value is -2.75. The predicted octanol–water partition coefficient (Wildman–Crippen LogP) is 3.94. The summed E-state index contributed by atoms with van der Waals surface area (Å²) in [5, 5.41) is 9.19. The van der Waals surface area contributed by atoms with Crippen LogP contribution >= 0.6 is 11.6 Å². The molecular formula is C22H21ClN4O4S. The number of methoxy groups -OCH3 is 1. The van der Waals surface area contributed by atoms with Gasteiger partial charge >= 0.3 is 0 Å². The number of aromatic nitrogens is 3. The molecule has 8 nitrogen and oxygen atoms in total. The minimum absolute atomic E-state index is 0.117. The first-order valence-electron chi connectivity index (χ1n) is 10.1. The Morgan fingerprint density at radius 1 is 1.19 bits per heavy atom. The summed E-state index contributed by atoms with van der Waals surface area (Å²) in [7, 11) is -2.63. The van der Waals surface area contributed by atoms with Gasteiger partial charge in [0.25, 0.3) is 10.1 Å². The van der Waals surface area contributed by atoms with Crippen LogP contribution in [0.15, 0.2) is 47.5 Å². The molecule has 1 N–H and O–H groups in total. The Labute approximate surface area is 190 Å². The van der Waals surface area contributed by atoms with E-state index in [1.807, 2.05) is 41.8 Å². The van der Waals surface area contributed by atoms with Crippen molar-refractivity contribution in [3.63, 3.8) is 0 Å². The van der Waals surface area contributed by atoms with Gasteiger partial charge in [-0.15, -0.1) is 10.2 Å². The molecule has 2 aliphatic rings. The molecule has 1 aliphatic heterocycles. The van der Waals surface area contributed by atoms with Crippen molar-refractivity contribution in [2.45, 2.75) is 37.0 Å². The first-order valence-corrected chi connectivity index (χ1v) is 12.0. The summed E-state index contributed by atoms with van der Waals surface area (Å²) in [6.07, 6.45) is 0.899. The van der Waals surface area contributed by atoms with E-state index in [2.05, 4.69) is 10.2 Å². The van der Waals surface area contributed by atoms with Crippen LogP contribution in [0.25, 0.3) is 5.69 Å². The highest BCUT2D eigenvalue weighted by Gasteiger charge is 2.56. The Morgan fingerprint density at radius 2 is 1.91 bits per heavy atom. The minimum atomic E-state index is -4.23. The molecule has 0 amide bonds. The molecule has 2 heterocycles. The zero-order valence-corrected chi connectivity index (χ0v) is 19.1. The van der Waals surface area contributed by atoms with Crippen LogP contribution in [-0.2, 0) is 10.1 Å². The molecule has 2 aromatic carbocycles. The topological polar surface area (TPSA) is 107 Å². The zero-order valence-electron chi connectivity index (χ0n) is 17.5. The number of benzene rings is 2. The molecule has 10 heteroatoms. The van der Waals surface area contributed by atoms with Crippen molar-refractivity contribution in [3.05, 3.63) is 70.3 Å². The van der Waals surface area contributed by atoms with E-state index in [9.17, 15) is 13.0 Å². The SMILES string of the molecule is COc1ccc2c(c1)C(c1ccc(Cl)cc1)=N[C@H](CC1(S(=O)(=O)O)CC1)c1nnc(C)n1-2. The van der Waals surface area contributed by atoms with Gasteiger partial charge in [0.2, 0.25) is 0 Å². The van der Waals surface area contributed by atoms with Gasteiger partial charge in [0.1, 0.15) is 17.6 Å². The van der Waals surface area contributed by atoms with Crippen LogP contribution in [0.5, 0.6) is 5.75 Å². The second-order valence-corrected chi connectivity index (χ2v) is 10.4. The maximum Gasteiger partial charge on any atom is 0.270 e. The number of hydrogen-bond acceptors (Lipinski definition) is 6. The highest BCUT2D eigenvalue weighted by molar-refractivity contribution is 7.87. The Balaban J connectivity index is 1.76. The van der Waals surface area contributed by atoms with Gasteiger partial charge in [-0.3, -0.25) is 14.1 Å². The van der Waals surface area contributed by atoms with Crippen molar-refractivity contribution in [3.8, 4) is 11.4 Å². The lowest BCUT2D eigenvalue weighted by Crippen LogP contribution is -2.25. The zero-order chi connectivity index (χ0) is 22.7. The van der Waals surface area contributed by atoms with Crippen LogP contribution in [0, 0.1) is 6.92 Å². The molecule has 1 saturated carbocycles. The van der Waals surface area contributed by atoms with E-state index < -0.39 is 20.9 Å². The number of fused-ring (bicyclic) bond motifs is 3. The van der Waals surface area contributed by atoms with E-state index in [0.29, 0.717) is 41.0 Å². The lowest BCUT2D eigenvalue weighted by Gasteiger charge is -2.17. The maximum atomic E-state index is 12.1. The average molecular weight is 473 g/mol. The van der Waals surface area contributed by atoms with Gasteiger partial charge in [-0.05, 0) is 56.5 Å². The molecule has 1 atom stereocenters. The summed E-state index contributed by atoms with van der Waals surface area (Å²) in [6.45, 7) is 1.84. The van der Waals surface area contributed by atoms with Gasteiger partial charge in [-0.25, -0.2) is 0 Å². The predicted molar refractivity (Wildman–Crippen MR) is 121 cm³/mol. The van der Waals surface area contributed by atoms with Gasteiger partial charge < -0.3 is 4.74 Å². The quantitative estimate of drug-likeness (QED) is 0.563. The van der Waals surface area contributed by atoms with Crippen LogP contribution in [0.1, 0.15) is 48.1 Å². The van der Waals surface area contributed by atoms with Crippen molar-refractivity contribution in [1.82, 2.24) is 14.8 Å². The van der Waals surface area contributed by atoms with Crippen LogP contribution < -0.4 is 4.74 Å². The lowest BCUT2D eigenvalue weighted by atomic mass is 10.00. The molecule has 1 fully saturated rings. The lowest BCUT2D eigenvalue weighted by molar-refractivity contribution is 0.414. The third-order valence-electron chi connectivity index (χ3n) is 6.17. The second kappa shape index (κ2) is 7.40. The molecule has 1 aromatic heterocycles. The molecule has 0 radical (unpaired) electrons. The Kier molecular flexibility index (Phi) is 4.88. The van der Waals surface area contributed by atoms with Crippen LogP contribution in [-0.4, -0.2) is 45.3 Å². The molecule has 0 saturated heterocycles. The second-order valence-electron chi connectivity index (χ2n) is 8.19. The monoisotopic (exact) mass is 472 g/mol. The van der Waals surface area contributed by atoms with E-state index in [4.69, 9.17) is 21.3 Å². The van der Waals surface area contributed by atoms with E-state index in [1.165, 1.54) is 0 Å². The van der Waals surface area contributed by atoms with E-state index in [-0.39, 0.29) is 6.42 Å². The summed E-state index contributed by atoms with van der Waals surface area (Å²) >= 11 is 6.10. The fourth-order valence-electron chi connectivity index (χ4n) is 4.24. The van der Waals surface area contributed by atoms with Crippen molar-refractivity contribution < 1.29 is 17.7 Å². The fraction of sp³-hybridized carbons (Fsp3) is 0.318. The highest BCUT2D eigenvalue weighted by Crippen LogP contribution is 2.50. The first kappa shape index (κ1) is 21.1. The standard InChI is InChI=1S/C22H21ClN4O4S/c1-13-25-26-21-18(12-22(9-10-22)32(28,29)30)24-20(14-3-5-15(23)6-4-14)17-11-16(31-2)7-8-19(17)27(13)21/h3-8,11,18H,9-10,12H2,1-2H3,(H,28,29,30)/t18-/m1/s1. The molecule has 0 unspecified atom stereocenters. The number of ether oxygens (including phenoxy) is 1. The molecule has 0 spiro atoms. The van der Waals surface area contributed by atoms with Gasteiger partial charge in [0, 0.05) is 16.1 Å². The number of rotatable bonds is 5. The van der Waals surface area contributed by atoms with Crippen LogP contribution in [0.4, 0.5) is 0 Å². The molecule has 0 bridgehead atoms. The van der Waals surface area contributed by atoms with E-state index in [1.54, 1.807) is 19.2 Å². The number of aryl methyl sites for hydroxylation is 1. The molecule has 166 valence electrons. The third-order valence-corrected chi connectivity index (χ3v) is 8.09. The van der Waals surface area contributed by atoms with Gasteiger partial charge in [0.15, 0.2) is 5.82 Å². The Bertz CT molecular complexity index is 1340. The molecule has 5 rings (SSSR count). The Morgan fingerprint density at radius 3 is 2.53 bits per heavy atom. The largest absolute Gasteiger partial charge is 0.497 e. The highest BCUT2D eigenvalue weighted by atomic mass is 35.5. The normalized spacial score (nSPS) is 18.9. The molecule has 32 heavy (non-hydrogen) atoms. The van der Waals surface area contributed by atoms with Crippen molar-refractivity contribution in [1.29, 1.82) is 0 Å². The van der Waals surface area contributed by atoms with Crippen LogP contribution in [0.3, 0.4) is 0 Å². The summed E-state index contributed by atoms with van der Waals surface area (Å²) in [4.78, 5) is 5.00. The summed E-state index contributed by atoms with van der Waals surface area (Å²) < 4.78 is 40.2. The number of halogens is 1. The smallest absolute Gasteiger partial charge is 0.270 e. The third kappa shape index (κ3) is 3.41. The van der Waals surface area contributed by atoms with Gasteiger partial charge in [-0.2, -0.15) is 8.42 Å². The van der Waals surface area contributed by atoms with Gasteiger partial charge in [-0.1, -0.05) is 23.7 Å². The van der Waals surface area contributed by atoms with Crippen molar-refractivity contribution >= 4 is 27.4 Å². The number of nitrogens with zero attached hydrogens (tertiary/aromatic N) is 4. The molecule has 1 aliphatic carbocycles. The summed E-state index contributed by atoms with van der Waals surface area (Å²) in [5.74, 6) is 1.85. The first-order chi connectivity index (χ1) is 15.2. The summed E-state index contributed by atoms with van der Waals surface area (Å²) in [5.41, 5.74) is 3.10. The number of aliphatic imine (C=N–C) groups is 1. The van der Waals surface area contributed by atoms with Crippen LogP contribution in [0.2, 0.25) is 5.02 Å². The van der Waals surface area contributed by atoms with Gasteiger partial charge in [0.05, 0.1) is 23.3 Å². The molecular weight excluding hydrogens is 452 g/mol. The summed E-state index contributed by atoms with van der Waals surface area (Å²) in [6, 6.07) is 12.3. The average Bonchev–Trinajstić information content (AvgIpc) is 3.49. The number of hydrogen-bond donors (Lipinski definition) is 1. The minimum Gasteiger partial charge on any atom is -0.497 e. The fourth-order valence-corrected chi connectivity index (χ4v) is 5.35. The molecule has 3 aromatic rings. The van der Waals surface area contributed by atoms with E-state index >= 15 is 0 Å². The van der Waals surface area contributed by atoms with Crippen molar-refractivity contribution in [2.75, 3.05) is 7.11 Å².